The van der Waals surface area contributed by atoms with E-state index < -0.39 is 0 Å². The first-order valence-electron chi connectivity index (χ1n) is 6.25. The van der Waals surface area contributed by atoms with E-state index in [2.05, 4.69) is 16.8 Å². The number of aromatic nitrogens is 2. The van der Waals surface area contributed by atoms with Gasteiger partial charge in [-0.05, 0) is 7.05 Å². The highest BCUT2D eigenvalue weighted by Gasteiger charge is 2.14. The predicted octanol–water partition coefficient (Wildman–Crippen LogP) is -1.21. The molecule has 1 fully saturated rings. The average molecular weight is 252 g/mol. The molecule has 0 aliphatic carbocycles. The molecule has 6 heteroatoms. The molecule has 1 aromatic rings. The van der Waals surface area contributed by atoms with Crippen molar-refractivity contribution in [3.05, 3.63) is 33.1 Å². The van der Waals surface area contributed by atoms with Crippen LogP contribution in [-0.2, 0) is 13.6 Å². The summed E-state index contributed by atoms with van der Waals surface area (Å²) >= 11 is 0. The highest BCUT2D eigenvalue weighted by atomic mass is 16.2. The van der Waals surface area contributed by atoms with Crippen molar-refractivity contribution in [3.8, 4) is 0 Å². The van der Waals surface area contributed by atoms with Gasteiger partial charge in [-0.15, -0.1) is 0 Å². The van der Waals surface area contributed by atoms with Crippen molar-refractivity contribution >= 4 is 0 Å². The molecule has 0 saturated carbocycles. The zero-order valence-electron chi connectivity index (χ0n) is 11.0. The molecule has 18 heavy (non-hydrogen) atoms. The molecule has 0 N–H and O–H groups in total. The Hall–Kier alpha value is -1.40. The fraction of sp³-hybridized carbons (Fsp3) is 0.667. The SMILES string of the molecule is CN1CCN(CCn2c(=O)ccn(C)c2=O)CC1. The van der Waals surface area contributed by atoms with Crippen molar-refractivity contribution in [1.82, 2.24) is 18.9 Å². The Bertz CT molecular complexity index is 512. The molecule has 0 amide bonds. The van der Waals surface area contributed by atoms with Crippen LogP contribution in [0.15, 0.2) is 21.9 Å². The van der Waals surface area contributed by atoms with Crippen molar-refractivity contribution in [2.45, 2.75) is 6.54 Å². The lowest BCUT2D eigenvalue weighted by Crippen LogP contribution is -2.47. The van der Waals surface area contributed by atoms with Crippen LogP contribution < -0.4 is 11.2 Å². The zero-order chi connectivity index (χ0) is 13.1. The van der Waals surface area contributed by atoms with Crippen molar-refractivity contribution in [2.24, 2.45) is 7.05 Å². The quantitative estimate of drug-likeness (QED) is 0.678. The maximum absolute atomic E-state index is 11.8. The summed E-state index contributed by atoms with van der Waals surface area (Å²) in [4.78, 5) is 28.0. The third-order valence-corrected chi connectivity index (χ3v) is 3.48. The van der Waals surface area contributed by atoms with Crippen LogP contribution in [0.1, 0.15) is 0 Å². The molecule has 0 bridgehead atoms. The molecular weight excluding hydrogens is 232 g/mol. The zero-order valence-corrected chi connectivity index (χ0v) is 11.0. The van der Waals surface area contributed by atoms with Crippen LogP contribution in [0, 0.1) is 0 Å². The van der Waals surface area contributed by atoms with Crippen molar-refractivity contribution in [3.63, 3.8) is 0 Å². The van der Waals surface area contributed by atoms with Crippen LogP contribution in [-0.4, -0.2) is 58.7 Å². The van der Waals surface area contributed by atoms with Crippen LogP contribution in [0.4, 0.5) is 0 Å². The maximum Gasteiger partial charge on any atom is 0.330 e. The number of hydrogen-bond acceptors (Lipinski definition) is 4. The van der Waals surface area contributed by atoms with Gasteiger partial charge in [-0.1, -0.05) is 0 Å². The number of nitrogens with zero attached hydrogens (tertiary/aromatic N) is 4. The first-order valence-corrected chi connectivity index (χ1v) is 6.25. The molecule has 2 rings (SSSR count). The molecule has 1 aliphatic rings. The molecule has 1 aromatic heterocycles. The van der Waals surface area contributed by atoms with Gasteiger partial charge in [-0.3, -0.25) is 14.3 Å². The average Bonchev–Trinajstić information content (AvgIpc) is 2.36. The van der Waals surface area contributed by atoms with Gasteiger partial charge in [0.2, 0.25) is 0 Å². The highest BCUT2D eigenvalue weighted by Crippen LogP contribution is 1.98. The molecule has 2 heterocycles. The summed E-state index contributed by atoms with van der Waals surface area (Å²) in [6, 6.07) is 1.44. The highest BCUT2D eigenvalue weighted by molar-refractivity contribution is 4.85. The molecule has 0 unspecified atom stereocenters. The van der Waals surface area contributed by atoms with E-state index in [1.807, 2.05) is 0 Å². The van der Waals surface area contributed by atoms with Gasteiger partial charge in [0.05, 0.1) is 0 Å². The van der Waals surface area contributed by atoms with Crippen LogP contribution in [0.5, 0.6) is 0 Å². The van der Waals surface area contributed by atoms with E-state index in [0.29, 0.717) is 6.54 Å². The Balaban J connectivity index is 2.01. The second kappa shape index (κ2) is 5.49. The van der Waals surface area contributed by atoms with E-state index in [1.54, 1.807) is 7.05 Å². The Kier molecular flexibility index (Phi) is 3.98. The minimum Gasteiger partial charge on any atom is -0.304 e. The standard InChI is InChI=1S/C12H20N4O2/c1-13-5-7-15(8-6-13)9-10-16-11(17)3-4-14(2)12(16)18/h3-4H,5-10H2,1-2H3. The van der Waals surface area contributed by atoms with Gasteiger partial charge in [0, 0.05) is 58.6 Å². The lowest BCUT2D eigenvalue weighted by Gasteiger charge is -2.32. The van der Waals surface area contributed by atoms with E-state index in [4.69, 9.17) is 0 Å². The largest absolute Gasteiger partial charge is 0.330 e. The summed E-state index contributed by atoms with van der Waals surface area (Å²) in [5.41, 5.74) is -0.455. The Morgan fingerprint density at radius 3 is 2.39 bits per heavy atom. The lowest BCUT2D eigenvalue weighted by molar-refractivity contribution is 0.149. The van der Waals surface area contributed by atoms with Gasteiger partial charge in [-0.2, -0.15) is 0 Å². The number of aryl methyl sites for hydroxylation is 1. The number of piperazine rings is 1. The van der Waals surface area contributed by atoms with E-state index in [0.717, 1.165) is 32.7 Å². The second-order valence-corrected chi connectivity index (χ2v) is 4.84. The van der Waals surface area contributed by atoms with Crippen LogP contribution in [0.25, 0.3) is 0 Å². The molecule has 1 saturated heterocycles. The lowest BCUT2D eigenvalue weighted by atomic mass is 10.3. The van der Waals surface area contributed by atoms with Crippen molar-refractivity contribution in [2.75, 3.05) is 39.8 Å². The third kappa shape index (κ3) is 2.88. The maximum atomic E-state index is 11.8. The summed E-state index contributed by atoms with van der Waals surface area (Å²) in [6.45, 7) is 5.31. The van der Waals surface area contributed by atoms with E-state index in [9.17, 15) is 9.59 Å². The third-order valence-electron chi connectivity index (χ3n) is 3.48. The summed E-state index contributed by atoms with van der Waals surface area (Å²) in [7, 11) is 3.77. The second-order valence-electron chi connectivity index (χ2n) is 4.84. The number of likely N-dealkylation sites (N-methyl/N-ethyl adjacent to an activating group) is 1. The number of hydrogen-bond donors (Lipinski definition) is 0. The normalized spacial score (nSPS) is 18.1. The Morgan fingerprint density at radius 1 is 1.06 bits per heavy atom. The molecule has 0 aromatic carbocycles. The van der Waals surface area contributed by atoms with Gasteiger partial charge < -0.3 is 9.47 Å². The summed E-state index contributed by atoms with van der Waals surface area (Å²) < 4.78 is 2.74. The molecule has 6 nitrogen and oxygen atoms in total. The van der Waals surface area contributed by atoms with Gasteiger partial charge in [0.15, 0.2) is 0 Å². The van der Waals surface area contributed by atoms with Crippen LogP contribution >= 0.6 is 0 Å². The fourth-order valence-electron chi connectivity index (χ4n) is 2.13. The van der Waals surface area contributed by atoms with E-state index in [-0.39, 0.29) is 11.2 Å². The smallest absolute Gasteiger partial charge is 0.304 e. The summed E-state index contributed by atoms with van der Waals surface area (Å²) in [6.07, 6.45) is 1.51. The minimum absolute atomic E-state index is 0.216. The topological polar surface area (TPSA) is 50.5 Å². The molecular formula is C12H20N4O2. The van der Waals surface area contributed by atoms with Gasteiger partial charge in [-0.25, -0.2) is 4.79 Å². The molecule has 1 aliphatic heterocycles. The summed E-state index contributed by atoms with van der Waals surface area (Å²) in [5, 5.41) is 0. The first-order chi connectivity index (χ1) is 8.58. The van der Waals surface area contributed by atoms with Gasteiger partial charge >= 0.3 is 5.69 Å². The van der Waals surface area contributed by atoms with Crippen molar-refractivity contribution < 1.29 is 0 Å². The molecule has 100 valence electrons. The van der Waals surface area contributed by atoms with Crippen molar-refractivity contribution in [1.29, 1.82) is 0 Å². The predicted molar refractivity (Wildman–Crippen MR) is 69.9 cm³/mol. The van der Waals surface area contributed by atoms with Crippen LogP contribution in [0.2, 0.25) is 0 Å². The monoisotopic (exact) mass is 252 g/mol. The van der Waals surface area contributed by atoms with Gasteiger partial charge in [0.25, 0.3) is 5.56 Å². The molecule has 0 spiro atoms. The van der Waals surface area contributed by atoms with Gasteiger partial charge in [0.1, 0.15) is 0 Å². The van der Waals surface area contributed by atoms with E-state index >= 15 is 0 Å². The number of rotatable bonds is 3. The first kappa shape index (κ1) is 13.0. The van der Waals surface area contributed by atoms with Crippen LogP contribution in [0.3, 0.4) is 0 Å². The fourth-order valence-corrected chi connectivity index (χ4v) is 2.13. The molecule has 0 atom stereocenters. The minimum atomic E-state index is -0.239. The molecule has 0 radical (unpaired) electrons. The van der Waals surface area contributed by atoms with E-state index in [1.165, 1.54) is 21.4 Å². The Morgan fingerprint density at radius 2 is 1.72 bits per heavy atom. The Labute approximate surface area is 106 Å². The summed E-state index contributed by atoms with van der Waals surface area (Å²) in [5.74, 6) is 0.